The Bertz CT molecular complexity index is 1290. The van der Waals surface area contributed by atoms with Gasteiger partial charge in [-0.1, -0.05) is 43.4 Å². The van der Waals surface area contributed by atoms with Crippen LogP contribution in [0, 0.1) is 12.8 Å². The molecule has 30 heavy (non-hydrogen) atoms. The summed E-state index contributed by atoms with van der Waals surface area (Å²) in [6.45, 7) is 6.85. The molecular formula is C22H23N5O2S. The van der Waals surface area contributed by atoms with Crippen LogP contribution in [0.25, 0.3) is 15.9 Å². The van der Waals surface area contributed by atoms with Gasteiger partial charge >= 0.3 is 0 Å². The molecule has 0 aliphatic carbocycles. The molecule has 2 N–H and O–H groups in total. The lowest BCUT2D eigenvalue weighted by Gasteiger charge is -2.07. The van der Waals surface area contributed by atoms with Gasteiger partial charge < -0.3 is 10.6 Å². The fourth-order valence-electron chi connectivity index (χ4n) is 3.10. The molecule has 0 spiro atoms. The van der Waals surface area contributed by atoms with Crippen molar-refractivity contribution in [3.05, 3.63) is 63.9 Å². The summed E-state index contributed by atoms with van der Waals surface area (Å²) >= 11 is 1.29. The van der Waals surface area contributed by atoms with Gasteiger partial charge in [0, 0.05) is 17.8 Å². The predicted molar refractivity (Wildman–Crippen MR) is 121 cm³/mol. The van der Waals surface area contributed by atoms with Crippen molar-refractivity contribution >= 4 is 43.9 Å². The highest BCUT2D eigenvalue weighted by molar-refractivity contribution is 7.20. The van der Waals surface area contributed by atoms with E-state index in [1.165, 1.54) is 15.9 Å². The van der Waals surface area contributed by atoms with Crippen molar-refractivity contribution in [2.75, 3.05) is 11.9 Å². The van der Waals surface area contributed by atoms with E-state index >= 15 is 0 Å². The van der Waals surface area contributed by atoms with E-state index in [4.69, 9.17) is 0 Å². The van der Waals surface area contributed by atoms with Gasteiger partial charge in [-0.2, -0.15) is 4.52 Å². The summed E-state index contributed by atoms with van der Waals surface area (Å²) in [6.07, 6.45) is 0.914. The molecule has 0 aliphatic rings. The highest BCUT2D eigenvalue weighted by Gasteiger charge is 2.14. The lowest BCUT2D eigenvalue weighted by atomic mass is 10.1. The highest BCUT2D eigenvalue weighted by Crippen LogP contribution is 2.24. The smallest absolute Gasteiger partial charge is 0.283 e. The fraction of sp³-hybridized carbons (Fsp3) is 0.273. The van der Waals surface area contributed by atoms with Crippen LogP contribution < -0.4 is 16.2 Å². The predicted octanol–water partition coefficient (Wildman–Crippen LogP) is 4.13. The number of nitrogens with one attached hydrogen (secondary N) is 2. The molecule has 4 aromatic rings. The summed E-state index contributed by atoms with van der Waals surface area (Å²) in [5.74, 6) is 0.358. The number of nitrogens with zero attached hydrogens (tertiary/aromatic N) is 3. The molecule has 0 saturated carbocycles. The average Bonchev–Trinajstić information content (AvgIpc) is 3.12. The molecule has 2 aromatic heterocycles. The monoisotopic (exact) mass is 421 g/mol. The third-order valence-electron chi connectivity index (χ3n) is 4.85. The number of para-hydroxylation sites is 1. The number of fused-ring (bicyclic) bond motifs is 2. The molecule has 0 unspecified atom stereocenters. The van der Waals surface area contributed by atoms with Gasteiger partial charge in [0.15, 0.2) is 0 Å². The van der Waals surface area contributed by atoms with E-state index in [0.29, 0.717) is 39.0 Å². The summed E-state index contributed by atoms with van der Waals surface area (Å²) in [7, 11) is 0. The van der Waals surface area contributed by atoms with Gasteiger partial charge in [-0.05, 0) is 49.1 Å². The van der Waals surface area contributed by atoms with Crippen LogP contribution in [0.15, 0.2) is 47.3 Å². The summed E-state index contributed by atoms with van der Waals surface area (Å²) in [4.78, 5) is 30.4. The van der Waals surface area contributed by atoms with Crippen molar-refractivity contribution < 1.29 is 4.79 Å². The molecule has 0 atom stereocenters. The second-order valence-corrected chi connectivity index (χ2v) is 8.58. The number of hydrogen-bond acceptors (Lipinski definition) is 6. The van der Waals surface area contributed by atoms with E-state index in [9.17, 15) is 9.59 Å². The highest BCUT2D eigenvalue weighted by atomic mass is 32.1. The van der Waals surface area contributed by atoms with Crippen LogP contribution >= 0.6 is 11.3 Å². The van der Waals surface area contributed by atoms with Gasteiger partial charge in [0.1, 0.15) is 0 Å². The maximum atomic E-state index is 12.9. The van der Waals surface area contributed by atoms with Crippen molar-refractivity contribution in [2.24, 2.45) is 5.92 Å². The number of hydrogen-bond donors (Lipinski definition) is 2. The first kappa shape index (κ1) is 20.0. The Morgan fingerprint density at radius 1 is 1.20 bits per heavy atom. The van der Waals surface area contributed by atoms with Crippen LogP contribution in [0.2, 0.25) is 0 Å². The van der Waals surface area contributed by atoms with E-state index in [2.05, 4.69) is 34.6 Å². The second-order valence-electron chi connectivity index (χ2n) is 7.63. The first-order valence-electron chi connectivity index (χ1n) is 9.87. The quantitative estimate of drug-likeness (QED) is 0.489. The number of benzene rings is 2. The Morgan fingerprint density at radius 3 is 2.77 bits per heavy atom. The maximum Gasteiger partial charge on any atom is 0.283 e. The number of aromatic nitrogens is 3. The van der Waals surface area contributed by atoms with Crippen molar-refractivity contribution in [3.63, 3.8) is 0 Å². The molecule has 0 fully saturated rings. The number of carbonyl (C=O) groups excluding carboxylic acids is 1. The van der Waals surface area contributed by atoms with Crippen LogP contribution in [-0.4, -0.2) is 27.0 Å². The third kappa shape index (κ3) is 4.04. The number of amides is 1. The molecule has 154 valence electrons. The minimum atomic E-state index is -0.254. The largest absolute Gasteiger partial charge is 0.352 e. The van der Waals surface area contributed by atoms with Gasteiger partial charge in [-0.25, -0.2) is 4.98 Å². The fourth-order valence-corrected chi connectivity index (χ4v) is 3.92. The molecule has 0 bridgehead atoms. The van der Waals surface area contributed by atoms with Gasteiger partial charge in [0.25, 0.3) is 11.5 Å². The van der Waals surface area contributed by atoms with Gasteiger partial charge in [-0.15, -0.1) is 5.10 Å². The molecule has 2 heterocycles. The van der Waals surface area contributed by atoms with Gasteiger partial charge in [0.05, 0.1) is 10.9 Å². The van der Waals surface area contributed by atoms with Crippen molar-refractivity contribution in [2.45, 2.75) is 27.2 Å². The van der Waals surface area contributed by atoms with Crippen LogP contribution in [0.3, 0.4) is 0 Å². The van der Waals surface area contributed by atoms with Crippen LogP contribution in [0.5, 0.6) is 0 Å². The van der Waals surface area contributed by atoms with Crippen LogP contribution in [0.4, 0.5) is 10.8 Å². The minimum absolute atomic E-state index is 0.161. The van der Waals surface area contributed by atoms with Crippen LogP contribution in [-0.2, 0) is 0 Å². The van der Waals surface area contributed by atoms with Crippen molar-refractivity contribution in [1.82, 2.24) is 19.9 Å². The number of rotatable bonds is 6. The molecule has 0 aliphatic heterocycles. The lowest BCUT2D eigenvalue weighted by Crippen LogP contribution is -2.25. The summed E-state index contributed by atoms with van der Waals surface area (Å²) < 4.78 is 1.30. The molecule has 7 nitrogen and oxygen atoms in total. The van der Waals surface area contributed by atoms with Crippen LogP contribution in [0.1, 0.15) is 36.2 Å². The van der Waals surface area contributed by atoms with E-state index < -0.39 is 0 Å². The Morgan fingerprint density at radius 2 is 2.00 bits per heavy atom. The average molecular weight is 422 g/mol. The normalized spacial score (nSPS) is 11.3. The molecule has 1 amide bonds. The van der Waals surface area contributed by atoms with E-state index in [0.717, 1.165) is 17.7 Å². The standard InChI is InChI=1S/C22H23N5O2S/c1-13(2)10-11-23-19(28)15-8-9-16-18(12-15)25-22-27(20(16)29)26-21(30-22)24-17-7-5-4-6-14(17)3/h4-9,12-13H,10-11H2,1-3H3,(H,23,28)(H,24,26). The van der Waals surface area contributed by atoms with E-state index in [1.54, 1.807) is 18.2 Å². The Labute approximate surface area is 177 Å². The topological polar surface area (TPSA) is 88.4 Å². The summed E-state index contributed by atoms with van der Waals surface area (Å²) in [5.41, 5.74) is 2.73. The SMILES string of the molecule is Cc1ccccc1Nc1nn2c(=O)c3ccc(C(=O)NCCC(C)C)cc3nc2s1. The van der Waals surface area contributed by atoms with Gasteiger partial charge in [0.2, 0.25) is 10.1 Å². The maximum absolute atomic E-state index is 12.9. The zero-order valence-electron chi connectivity index (χ0n) is 17.1. The summed E-state index contributed by atoms with van der Waals surface area (Å²) in [6, 6.07) is 12.8. The lowest BCUT2D eigenvalue weighted by molar-refractivity contribution is 0.0952. The van der Waals surface area contributed by atoms with E-state index in [1.807, 2.05) is 31.2 Å². The minimum Gasteiger partial charge on any atom is -0.352 e. The molecule has 2 aromatic carbocycles. The number of anilines is 2. The van der Waals surface area contributed by atoms with Crippen molar-refractivity contribution in [3.8, 4) is 0 Å². The number of carbonyl (C=O) groups is 1. The first-order valence-corrected chi connectivity index (χ1v) is 10.7. The molecule has 8 heteroatoms. The Hall–Kier alpha value is -3.26. The first-order chi connectivity index (χ1) is 14.4. The molecule has 4 rings (SSSR count). The van der Waals surface area contributed by atoms with E-state index in [-0.39, 0.29) is 11.5 Å². The van der Waals surface area contributed by atoms with Crippen molar-refractivity contribution in [1.29, 1.82) is 0 Å². The third-order valence-corrected chi connectivity index (χ3v) is 5.68. The molecule has 0 radical (unpaired) electrons. The zero-order chi connectivity index (χ0) is 21.3. The molecular weight excluding hydrogens is 398 g/mol. The Balaban J connectivity index is 1.66. The zero-order valence-corrected chi connectivity index (χ0v) is 17.9. The number of aryl methyl sites for hydroxylation is 1. The Kier molecular flexibility index (Phi) is 5.50. The summed E-state index contributed by atoms with van der Waals surface area (Å²) in [5, 5.41) is 11.6. The molecule has 0 saturated heterocycles. The second kappa shape index (κ2) is 8.23. The van der Waals surface area contributed by atoms with Gasteiger partial charge in [-0.3, -0.25) is 9.59 Å².